The molecular formula is C4H5IN2. The molecule has 0 N–H and O–H groups in total. The standard InChI is InChI=1S/C4H5IN2/c1-4-5-2-6-3-7-4/h2-3H,1H3. The van der Waals surface area contributed by atoms with Gasteiger partial charge in [-0.05, 0) is 27.7 Å². The Bertz CT molecular complexity index is 146. The van der Waals surface area contributed by atoms with E-state index in [-0.39, 0.29) is 20.7 Å². The van der Waals surface area contributed by atoms with Gasteiger partial charge in [-0.1, -0.05) is 0 Å². The van der Waals surface area contributed by atoms with Crippen molar-refractivity contribution in [1.82, 2.24) is 0 Å². The van der Waals surface area contributed by atoms with Crippen LogP contribution in [0, 0.1) is 0 Å². The van der Waals surface area contributed by atoms with E-state index in [0.717, 1.165) is 0 Å². The zero-order valence-corrected chi connectivity index (χ0v) is 6.08. The lowest BCUT2D eigenvalue weighted by Crippen LogP contribution is -1.82. The monoisotopic (exact) mass is 208 g/mol. The lowest BCUT2D eigenvalue weighted by atomic mass is 10.9. The number of aliphatic imine (C=N–C) groups is 2. The first-order chi connectivity index (χ1) is 3.39. The Labute approximate surface area is 52.1 Å². The minimum Gasteiger partial charge on any atom is -0.239 e. The minimum atomic E-state index is 0.0790. The molecule has 0 atom stereocenters. The van der Waals surface area contributed by atoms with Crippen LogP contribution in [0.15, 0.2) is 9.98 Å². The third-order valence-corrected chi connectivity index (χ3v) is 2.35. The van der Waals surface area contributed by atoms with Crippen LogP contribution in [0.4, 0.5) is 0 Å². The Hall–Kier alpha value is -0.0600. The second-order valence-electron chi connectivity index (χ2n) is 1.10. The third-order valence-electron chi connectivity index (χ3n) is 0.565. The molecule has 0 saturated heterocycles. The van der Waals surface area contributed by atoms with Gasteiger partial charge >= 0.3 is 0 Å². The van der Waals surface area contributed by atoms with Crippen LogP contribution < -0.4 is 0 Å². The maximum absolute atomic E-state index is 3.97. The van der Waals surface area contributed by atoms with Gasteiger partial charge in [-0.2, -0.15) is 0 Å². The SMILES string of the molecule is CC1=NC=NC=I1. The van der Waals surface area contributed by atoms with Gasteiger partial charge in [0.1, 0.15) is 6.34 Å². The van der Waals surface area contributed by atoms with E-state index in [4.69, 9.17) is 0 Å². The smallest absolute Gasteiger partial charge is 0.116 e. The van der Waals surface area contributed by atoms with Crippen molar-refractivity contribution in [1.29, 1.82) is 0 Å². The van der Waals surface area contributed by atoms with Gasteiger partial charge in [-0.25, -0.2) is 9.98 Å². The molecule has 1 rings (SSSR count). The Morgan fingerprint density at radius 3 is 2.86 bits per heavy atom. The van der Waals surface area contributed by atoms with Crippen molar-refractivity contribution in [2.75, 3.05) is 0 Å². The minimum absolute atomic E-state index is 0.0790. The maximum Gasteiger partial charge on any atom is 0.116 e. The molecular weight excluding hydrogens is 203 g/mol. The molecule has 0 aromatic rings. The highest BCUT2D eigenvalue weighted by Crippen LogP contribution is 2.00. The predicted octanol–water partition coefficient (Wildman–Crippen LogP) is 1.18. The molecule has 0 aromatic carbocycles. The average Bonchev–Trinajstić information content (AvgIpc) is 1.69. The molecule has 7 heavy (non-hydrogen) atoms. The molecule has 2 nitrogen and oxygen atoms in total. The summed E-state index contributed by atoms with van der Waals surface area (Å²) in [6.45, 7) is 2.04. The summed E-state index contributed by atoms with van der Waals surface area (Å²) >= 11 is 0.0790. The van der Waals surface area contributed by atoms with Gasteiger partial charge in [0.15, 0.2) is 0 Å². The zero-order valence-electron chi connectivity index (χ0n) is 3.93. The molecule has 0 fully saturated rings. The summed E-state index contributed by atoms with van der Waals surface area (Å²) in [6.07, 6.45) is 1.60. The second kappa shape index (κ2) is 2.30. The summed E-state index contributed by atoms with van der Waals surface area (Å²) in [5, 5.41) is 0. The highest BCUT2D eigenvalue weighted by atomic mass is 127. The molecule has 0 aliphatic carbocycles. The normalized spacial score (nSPS) is 18.1. The molecule has 1 heterocycles. The van der Waals surface area contributed by atoms with Crippen LogP contribution in [-0.2, 0) is 0 Å². The van der Waals surface area contributed by atoms with Crippen LogP contribution in [0.5, 0.6) is 0 Å². The van der Waals surface area contributed by atoms with Crippen LogP contribution >= 0.6 is 20.7 Å². The molecule has 0 unspecified atom stereocenters. The van der Waals surface area contributed by atoms with Crippen molar-refractivity contribution in [3.05, 3.63) is 0 Å². The fourth-order valence-electron chi connectivity index (χ4n) is 0.265. The second-order valence-corrected chi connectivity index (χ2v) is 3.84. The number of hydrogen-bond acceptors (Lipinski definition) is 2. The van der Waals surface area contributed by atoms with Crippen LogP contribution in [0.1, 0.15) is 6.92 Å². The van der Waals surface area contributed by atoms with E-state index in [2.05, 4.69) is 9.98 Å². The Kier molecular flexibility index (Phi) is 1.67. The highest BCUT2D eigenvalue weighted by Gasteiger charge is 1.82. The fourth-order valence-corrected chi connectivity index (χ4v) is 1.26. The molecule has 0 bridgehead atoms. The zero-order chi connectivity index (χ0) is 5.11. The first-order valence-corrected chi connectivity index (χ1v) is 4.23. The van der Waals surface area contributed by atoms with E-state index >= 15 is 0 Å². The Balaban J connectivity index is 2.82. The summed E-state index contributed by atoms with van der Waals surface area (Å²) in [4.78, 5) is 7.81. The maximum atomic E-state index is 3.97. The lowest BCUT2D eigenvalue weighted by Gasteiger charge is -1.87. The first-order valence-electron chi connectivity index (χ1n) is 1.91. The summed E-state index contributed by atoms with van der Waals surface area (Å²) in [6, 6.07) is 0. The van der Waals surface area contributed by atoms with Gasteiger partial charge < -0.3 is 0 Å². The fraction of sp³-hybridized carbons (Fsp3) is 0.250. The predicted molar refractivity (Wildman–Crippen MR) is 41.7 cm³/mol. The van der Waals surface area contributed by atoms with Crippen molar-refractivity contribution in [2.24, 2.45) is 9.98 Å². The highest BCUT2D eigenvalue weighted by molar-refractivity contribution is 14.2. The molecule has 1 aliphatic rings. The number of rotatable bonds is 0. The van der Waals surface area contributed by atoms with Crippen LogP contribution in [0.3, 0.4) is 0 Å². The molecule has 0 radical (unpaired) electrons. The third kappa shape index (κ3) is 1.46. The summed E-state index contributed by atoms with van der Waals surface area (Å²) < 4.78 is 3.20. The average molecular weight is 208 g/mol. The molecule has 0 spiro atoms. The van der Waals surface area contributed by atoms with Crippen molar-refractivity contribution in [3.63, 3.8) is 0 Å². The topological polar surface area (TPSA) is 24.7 Å². The van der Waals surface area contributed by atoms with Crippen molar-refractivity contribution >= 4 is 34.9 Å². The van der Waals surface area contributed by atoms with Gasteiger partial charge in [0.05, 0.1) is 7.85 Å². The number of nitrogens with zero attached hydrogens (tertiary/aromatic N) is 2. The van der Waals surface area contributed by atoms with Gasteiger partial charge in [-0.3, -0.25) is 0 Å². The van der Waals surface area contributed by atoms with Gasteiger partial charge in [0.25, 0.3) is 0 Å². The van der Waals surface area contributed by atoms with E-state index in [0.29, 0.717) is 0 Å². The molecule has 0 aromatic heterocycles. The van der Waals surface area contributed by atoms with Crippen LogP contribution in [0.2, 0.25) is 0 Å². The van der Waals surface area contributed by atoms with Crippen molar-refractivity contribution < 1.29 is 0 Å². The summed E-state index contributed by atoms with van der Waals surface area (Å²) in [5.74, 6) is 0. The van der Waals surface area contributed by atoms with Crippen molar-refractivity contribution in [2.45, 2.75) is 6.92 Å². The summed E-state index contributed by atoms with van der Waals surface area (Å²) in [7, 11) is 0. The molecule has 0 amide bonds. The van der Waals surface area contributed by atoms with Gasteiger partial charge in [0, 0.05) is 0 Å². The number of halogens is 1. The molecule has 1 aliphatic heterocycles. The molecule has 3 heteroatoms. The van der Waals surface area contributed by atoms with E-state index in [1.54, 1.807) is 6.34 Å². The van der Waals surface area contributed by atoms with Crippen LogP contribution in [0.25, 0.3) is 0 Å². The quantitative estimate of drug-likeness (QED) is 0.534. The van der Waals surface area contributed by atoms with E-state index in [1.807, 2.05) is 11.1 Å². The number of hydrogen-bond donors (Lipinski definition) is 0. The van der Waals surface area contributed by atoms with Crippen LogP contribution in [-0.4, -0.2) is 14.2 Å². The summed E-state index contributed by atoms with van der Waals surface area (Å²) in [5.41, 5.74) is 0. The molecule has 0 saturated carbocycles. The Morgan fingerprint density at radius 2 is 2.57 bits per heavy atom. The van der Waals surface area contributed by atoms with E-state index in [1.165, 1.54) is 3.72 Å². The van der Waals surface area contributed by atoms with Gasteiger partial charge in [-0.15, -0.1) is 0 Å². The largest absolute Gasteiger partial charge is 0.239 e. The first kappa shape index (κ1) is 5.08. The Morgan fingerprint density at radius 1 is 1.71 bits per heavy atom. The van der Waals surface area contributed by atoms with E-state index in [9.17, 15) is 0 Å². The lowest BCUT2D eigenvalue weighted by molar-refractivity contribution is 1.70. The molecule has 38 valence electrons. The van der Waals surface area contributed by atoms with Gasteiger partial charge in [0.2, 0.25) is 0 Å². The van der Waals surface area contributed by atoms with Crippen molar-refractivity contribution in [3.8, 4) is 0 Å². The van der Waals surface area contributed by atoms with E-state index < -0.39 is 0 Å².